The first-order chi connectivity index (χ1) is 11.2. The molecule has 1 aromatic carbocycles. The summed E-state index contributed by atoms with van der Waals surface area (Å²) in [6.45, 7) is 10.3. The third-order valence-electron chi connectivity index (χ3n) is 3.78. The lowest BCUT2D eigenvalue weighted by molar-refractivity contribution is -0.130. The van der Waals surface area contributed by atoms with Crippen molar-refractivity contribution in [2.45, 2.75) is 33.3 Å². The predicted molar refractivity (Wildman–Crippen MR) is 94.2 cm³/mol. The van der Waals surface area contributed by atoms with Crippen molar-refractivity contribution < 1.29 is 14.3 Å². The molecular weight excluding hydrogens is 306 g/mol. The zero-order chi connectivity index (χ0) is 17.7. The molecule has 6 nitrogen and oxygen atoms in total. The monoisotopic (exact) mass is 333 g/mol. The zero-order valence-electron chi connectivity index (χ0n) is 15.0. The highest BCUT2D eigenvalue weighted by Crippen LogP contribution is 2.17. The van der Waals surface area contributed by atoms with Gasteiger partial charge in [0.25, 0.3) is 0 Å². The van der Waals surface area contributed by atoms with E-state index in [9.17, 15) is 9.59 Å². The zero-order valence-corrected chi connectivity index (χ0v) is 15.0. The Kier molecular flexibility index (Phi) is 5.70. The number of piperazine rings is 1. The molecule has 0 saturated carbocycles. The minimum Gasteiger partial charge on any atom is -0.444 e. The van der Waals surface area contributed by atoms with Crippen molar-refractivity contribution in [2.24, 2.45) is 0 Å². The number of benzene rings is 1. The van der Waals surface area contributed by atoms with E-state index in [1.807, 2.05) is 6.07 Å². The fourth-order valence-electron chi connectivity index (χ4n) is 2.61. The van der Waals surface area contributed by atoms with Crippen LogP contribution in [0.4, 0.5) is 10.5 Å². The second-order valence-corrected chi connectivity index (χ2v) is 7.06. The van der Waals surface area contributed by atoms with Gasteiger partial charge in [0, 0.05) is 31.9 Å². The maximum Gasteiger partial charge on any atom is 0.408 e. The van der Waals surface area contributed by atoms with Gasteiger partial charge in [-0.05, 0) is 45.4 Å². The van der Waals surface area contributed by atoms with Crippen LogP contribution in [0.1, 0.15) is 26.3 Å². The van der Waals surface area contributed by atoms with Gasteiger partial charge in [-0.2, -0.15) is 0 Å². The van der Waals surface area contributed by atoms with Crippen LogP contribution in [-0.4, -0.2) is 55.2 Å². The fourth-order valence-corrected chi connectivity index (χ4v) is 2.61. The standard InChI is InChI=1S/C18H27N3O3/c1-14-6-5-7-15(12-14)20-8-10-21(11-9-20)16(22)13-19-17(23)24-18(2,3)4/h5-7,12H,8-11,13H2,1-4H3,(H,19,23). The number of aryl methyl sites for hydroxylation is 1. The lowest BCUT2D eigenvalue weighted by Crippen LogP contribution is -2.51. The number of ether oxygens (including phenoxy) is 1. The van der Waals surface area contributed by atoms with Gasteiger partial charge in [0.2, 0.25) is 5.91 Å². The molecule has 0 spiro atoms. The predicted octanol–water partition coefficient (Wildman–Crippen LogP) is 2.17. The SMILES string of the molecule is Cc1cccc(N2CCN(C(=O)CNC(=O)OC(C)(C)C)CC2)c1. The second kappa shape index (κ2) is 7.55. The Labute approximate surface area is 143 Å². The van der Waals surface area contributed by atoms with E-state index in [1.54, 1.807) is 25.7 Å². The van der Waals surface area contributed by atoms with Crippen LogP contribution in [0.15, 0.2) is 24.3 Å². The minimum absolute atomic E-state index is 0.0284. The molecular formula is C18H27N3O3. The van der Waals surface area contributed by atoms with E-state index in [-0.39, 0.29) is 12.5 Å². The number of carbonyl (C=O) groups excluding carboxylic acids is 2. The van der Waals surface area contributed by atoms with Crippen LogP contribution in [0.2, 0.25) is 0 Å². The third kappa shape index (κ3) is 5.44. The summed E-state index contributed by atoms with van der Waals surface area (Å²) in [6, 6.07) is 8.37. The molecule has 6 heteroatoms. The van der Waals surface area contributed by atoms with Gasteiger partial charge in [0.1, 0.15) is 12.1 Å². The number of carbonyl (C=O) groups is 2. The van der Waals surface area contributed by atoms with E-state index in [0.717, 1.165) is 13.1 Å². The Balaban J connectivity index is 1.77. The maximum absolute atomic E-state index is 12.2. The van der Waals surface area contributed by atoms with Gasteiger partial charge >= 0.3 is 6.09 Å². The second-order valence-electron chi connectivity index (χ2n) is 7.06. The highest BCUT2D eigenvalue weighted by Gasteiger charge is 2.22. The number of hydrogen-bond donors (Lipinski definition) is 1. The smallest absolute Gasteiger partial charge is 0.408 e. The van der Waals surface area contributed by atoms with Gasteiger partial charge in [0.05, 0.1) is 0 Å². The summed E-state index contributed by atoms with van der Waals surface area (Å²) in [7, 11) is 0. The van der Waals surface area contributed by atoms with E-state index in [2.05, 4.69) is 35.3 Å². The first-order valence-corrected chi connectivity index (χ1v) is 8.31. The molecule has 0 aromatic heterocycles. The molecule has 0 atom stereocenters. The Bertz CT molecular complexity index is 587. The molecule has 0 radical (unpaired) electrons. The average Bonchev–Trinajstić information content (AvgIpc) is 2.51. The summed E-state index contributed by atoms with van der Waals surface area (Å²) in [5.41, 5.74) is 1.86. The number of hydrogen-bond acceptors (Lipinski definition) is 4. The first-order valence-electron chi connectivity index (χ1n) is 8.31. The van der Waals surface area contributed by atoms with Crippen molar-refractivity contribution in [3.8, 4) is 0 Å². The Morgan fingerprint density at radius 2 is 1.83 bits per heavy atom. The molecule has 1 aromatic rings. The molecule has 0 bridgehead atoms. The van der Waals surface area contributed by atoms with Gasteiger partial charge < -0.3 is 19.9 Å². The molecule has 1 heterocycles. The summed E-state index contributed by atoms with van der Waals surface area (Å²) < 4.78 is 5.13. The fraction of sp³-hybridized carbons (Fsp3) is 0.556. The molecule has 2 amide bonds. The molecule has 132 valence electrons. The number of rotatable bonds is 3. The van der Waals surface area contributed by atoms with E-state index < -0.39 is 11.7 Å². The van der Waals surface area contributed by atoms with Crippen molar-refractivity contribution in [1.29, 1.82) is 0 Å². The van der Waals surface area contributed by atoms with Crippen molar-refractivity contribution in [2.75, 3.05) is 37.6 Å². The molecule has 1 fully saturated rings. The largest absolute Gasteiger partial charge is 0.444 e. The van der Waals surface area contributed by atoms with E-state index in [1.165, 1.54) is 11.3 Å². The molecule has 0 aliphatic carbocycles. The van der Waals surface area contributed by atoms with Crippen molar-refractivity contribution in [3.05, 3.63) is 29.8 Å². The van der Waals surface area contributed by atoms with Gasteiger partial charge in [0.15, 0.2) is 0 Å². The molecule has 1 aliphatic rings. The topological polar surface area (TPSA) is 61.9 Å². The maximum atomic E-state index is 12.2. The molecule has 1 aliphatic heterocycles. The minimum atomic E-state index is -0.563. The van der Waals surface area contributed by atoms with Gasteiger partial charge in [-0.1, -0.05) is 12.1 Å². The van der Waals surface area contributed by atoms with Crippen molar-refractivity contribution >= 4 is 17.7 Å². The quantitative estimate of drug-likeness (QED) is 0.921. The van der Waals surface area contributed by atoms with Crippen molar-refractivity contribution in [1.82, 2.24) is 10.2 Å². The van der Waals surface area contributed by atoms with Crippen LogP contribution in [0.25, 0.3) is 0 Å². The number of nitrogens with one attached hydrogen (secondary N) is 1. The summed E-state index contributed by atoms with van der Waals surface area (Å²) in [6.07, 6.45) is -0.561. The van der Waals surface area contributed by atoms with E-state index >= 15 is 0 Å². The van der Waals surface area contributed by atoms with Crippen LogP contribution in [0, 0.1) is 6.92 Å². The molecule has 2 rings (SSSR count). The Morgan fingerprint density at radius 3 is 2.42 bits per heavy atom. The van der Waals surface area contributed by atoms with Crippen molar-refractivity contribution in [3.63, 3.8) is 0 Å². The van der Waals surface area contributed by atoms with Gasteiger partial charge in [-0.3, -0.25) is 4.79 Å². The van der Waals surface area contributed by atoms with E-state index in [0.29, 0.717) is 13.1 Å². The number of anilines is 1. The Hall–Kier alpha value is -2.24. The lowest BCUT2D eigenvalue weighted by atomic mass is 10.2. The number of amides is 2. The number of alkyl carbamates (subject to hydrolysis) is 1. The number of nitrogens with zero attached hydrogens (tertiary/aromatic N) is 2. The third-order valence-corrected chi connectivity index (χ3v) is 3.78. The van der Waals surface area contributed by atoms with Crippen LogP contribution in [-0.2, 0) is 9.53 Å². The highest BCUT2D eigenvalue weighted by atomic mass is 16.6. The first kappa shape index (κ1) is 18.1. The van der Waals surface area contributed by atoms with Crippen LogP contribution in [0.5, 0.6) is 0 Å². The molecule has 1 saturated heterocycles. The average molecular weight is 333 g/mol. The van der Waals surface area contributed by atoms with Crippen LogP contribution < -0.4 is 10.2 Å². The molecule has 1 N–H and O–H groups in total. The Morgan fingerprint density at radius 1 is 1.17 bits per heavy atom. The van der Waals surface area contributed by atoms with Gasteiger partial charge in [-0.25, -0.2) is 4.79 Å². The van der Waals surface area contributed by atoms with Gasteiger partial charge in [-0.15, -0.1) is 0 Å². The summed E-state index contributed by atoms with van der Waals surface area (Å²) in [4.78, 5) is 27.9. The lowest BCUT2D eigenvalue weighted by Gasteiger charge is -2.36. The summed E-state index contributed by atoms with van der Waals surface area (Å²) >= 11 is 0. The normalized spacial score (nSPS) is 15.2. The summed E-state index contributed by atoms with van der Waals surface area (Å²) in [5.74, 6) is -0.0789. The molecule has 24 heavy (non-hydrogen) atoms. The van der Waals surface area contributed by atoms with E-state index in [4.69, 9.17) is 4.74 Å². The highest BCUT2D eigenvalue weighted by molar-refractivity contribution is 5.82. The molecule has 0 unspecified atom stereocenters. The summed E-state index contributed by atoms with van der Waals surface area (Å²) in [5, 5.41) is 2.52. The van der Waals surface area contributed by atoms with Crippen LogP contribution >= 0.6 is 0 Å². The van der Waals surface area contributed by atoms with Crippen LogP contribution in [0.3, 0.4) is 0 Å².